The number of Topliss-reactive ketones (excluding diaryl/α,β-unsaturated/α-hetero) is 1. The smallest absolute Gasteiger partial charge is 0.258 e. The van der Waals surface area contributed by atoms with Crippen LogP contribution in [0, 0.1) is 0 Å². The highest BCUT2D eigenvalue weighted by molar-refractivity contribution is 7.10. The highest BCUT2D eigenvalue weighted by atomic mass is 32.1. The minimum atomic E-state index is -0.207. The quantitative estimate of drug-likeness (QED) is 0.497. The number of nitrogens with one attached hydrogen (secondary N) is 1. The van der Waals surface area contributed by atoms with E-state index in [0.29, 0.717) is 17.7 Å². The minimum Gasteiger partial charge on any atom is -0.484 e. The molecular weight excluding hydrogens is 382 g/mol. The average molecular weight is 408 g/mol. The van der Waals surface area contributed by atoms with Crippen LogP contribution in [0.1, 0.15) is 52.7 Å². The Morgan fingerprint density at radius 1 is 1.00 bits per heavy atom. The predicted octanol–water partition coefficient (Wildman–Crippen LogP) is 5.19. The zero-order chi connectivity index (χ0) is 20.6. The second kappa shape index (κ2) is 10.0. The molecule has 29 heavy (non-hydrogen) atoms. The number of ketones is 1. The number of benzene rings is 2. The standard InChI is InChI=1S/C24H25NO3S/c1-3-17-7-9-19(10-8-17)24(22-6-5-15-29-22)25-23(27)16-28-20-13-11-18(12-14-20)21(26)4-2/h5-15,24H,3-4,16H2,1-2H3,(H,25,27)/t24-/m1/s1. The van der Waals surface area contributed by atoms with E-state index < -0.39 is 0 Å². The summed E-state index contributed by atoms with van der Waals surface area (Å²) in [4.78, 5) is 25.3. The minimum absolute atomic E-state index is 0.0853. The van der Waals surface area contributed by atoms with Crippen LogP contribution in [-0.2, 0) is 11.2 Å². The van der Waals surface area contributed by atoms with Crippen molar-refractivity contribution < 1.29 is 14.3 Å². The van der Waals surface area contributed by atoms with Crippen molar-refractivity contribution in [3.05, 3.63) is 87.6 Å². The second-order valence-corrected chi connectivity index (χ2v) is 7.68. The van der Waals surface area contributed by atoms with Gasteiger partial charge in [-0.15, -0.1) is 11.3 Å². The number of carbonyl (C=O) groups excluding carboxylic acids is 2. The normalized spacial score (nSPS) is 11.7. The van der Waals surface area contributed by atoms with Crippen molar-refractivity contribution in [2.45, 2.75) is 32.7 Å². The summed E-state index contributed by atoms with van der Waals surface area (Å²) in [7, 11) is 0. The molecule has 0 unspecified atom stereocenters. The molecule has 0 fully saturated rings. The fraction of sp³-hybridized carbons (Fsp3) is 0.250. The Morgan fingerprint density at radius 2 is 1.72 bits per heavy atom. The van der Waals surface area contributed by atoms with Crippen LogP contribution >= 0.6 is 11.3 Å². The molecule has 1 aromatic heterocycles. The fourth-order valence-electron chi connectivity index (χ4n) is 3.01. The first-order valence-electron chi connectivity index (χ1n) is 9.78. The molecule has 2 aromatic carbocycles. The van der Waals surface area contributed by atoms with Crippen LogP contribution in [0.3, 0.4) is 0 Å². The Hall–Kier alpha value is -2.92. The summed E-state index contributed by atoms with van der Waals surface area (Å²) in [6.07, 6.45) is 1.44. The van der Waals surface area contributed by atoms with Crippen molar-refractivity contribution in [1.82, 2.24) is 5.32 Å². The van der Waals surface area contributed by atoms with Crippen molar-refractivity contribution in [3.8, 4) is 5.75 Å². The molecule has 0 spiro atoms. The average Bonchev–Trinajstić information content (AvgIpc) is 3.30. The number of thiophene rings is 1. The molecule has 150 valence electrons. The van der Waals surface area contributed by atoms with E-state index in [1.165, 1.54) is 5.56 Å². The molecule has 4 nitrogen and oxygen atoms in total. The van der Waals surface area contributed by atoms with Gasteiger partial charge in [0.05, 0.1) is 6.04 Å². The van der Waals surface area contributed by atoms with E-state index in [0.717, 1.165) is 16.9 Å². The molecular formula is C24H25NO3S. The lowest BCUT2D eigenvalue weighted by molar-refractivity contribution is -0.123. The summed E-state index contributed by atoms with van der Waals surface area (Å²) in [6.45, 7) is 3.86. The van der Waals surface area contributed by atoms with Gasteiger partial charge in [0.1, 0.15) is 5.75 Å². The molecule has 0 aliphatic carbocycles. The third kappa shape index (κ3) is 5.55. The summed E-state index contributed by atoms with van der Waals surface area (Å²) in [5.74, 6) is 0.451. The van der Waals surface area contributed by atoms with Crippen molar-refractivity contribution in [2.75, 3.05) is 6.61 Å². The van der Waals surface area contributed by atoms with E-state index in [-0.39, 0.29) is 24.3 Å². The maximum Gasteiger partial charge on any atom is 0.258 e. The molecule has 1 amide bonds. The summed E-state index contributed by atoms with van der Waals surface area (Å²) in [5, 5.41) is 5.08. The van der Waals surface area contributed by atoms with E-state index in [2.05, 4.69) is 36.5 Å². The molecule has 0 aliphatic rings. The largest absolute Gasteiger partial charge is 0.484 e. The lowest BCUT2D eigenvalue weighted by Gasteiger charge is -2.19. The first-order chi connectivity index (χ1) is 14.1. The van der Waals surface area contributed by atoms with Gasteiger partial charge in [0.15, 0.2) is 12.4 Å². The van der Waals surface area contributed by atoms with Crippen molar-refractivity contribution in [1.29, 1.82) is 0 Å². The van der Waals surface area contributed by atoms with Gasteiger partial charge in [-0.3, -0.25) is 9.59 Å². The fourth-order valence-corrected chi connectivity index (χ4v) is 3.82. The molecule has 5 heteroatoms. The predicted molar refractivity (Wildman–Crippen MR) is 117 cm³/mol. The number of ether oxygens (including phenoxy) is 1. The van der Waals surface area contributed by atoms with E-state index in [1.807, 2.05) is 24.4 Å². The number of hydrogen-bond acceptors (Lipinski definition) is 4. The van der Waals surface area contributed by atoms with Gasteiger partial charge in [-0.1, -0.05) is 44.2 Å². The maximum atomic E-state index is 12.6. The molecule has 0 bridgehead atoms. The molecule has 1 heterocycles. The van der Waals surface area contributed by atoms with Crippen LogP contribution < -0.4 is 10.1 Å². The van der Waals surface area contributed by atoms with E-state index in [4.69, 9.17) is 4.74 Å². The second-order valence-electron chi connectivity index (χ2n) is 6.70. The maximum absolute atomic E-state index is 12.6. The van der Waals surface area contributed by atoms with Gasteiger partial charge in [-0.2, -0.15) is 0 Å². The monoisotopic (exact) mass is 407 g/mol. The van der Waals surface area contributed by atoms with Gasteiger partial charge in [0, 0.05) is 16.9 Å². The van der Waals surface area contributed by atoms with Crippen molar-refractivity contribution in [2.24, 2.45) is 0 Å². The van der Waals surface area contributed by atoms with Gasteiger partial charge in [0.25, 0.3) is 5.91 Å². The number of aryl methyl sites for hydroxylation is 1. The SMILES string of the molecule is CCC(=O)c1ccc(OCC(=O)N[C@H](c2ccc(CC)cc2)c2cccs2)cc1. The summed E-state index contributed by atoms with van der Waals surface area (Å²) < 4.78 is 5.61. The number of amides is 1. The highest BCUT2D eigenvalue weighted by Gasteiger charge is 2.18. The number of rotatable bonds is 9. The molecule has 0 saturated carbocycles. The van der Waals surface area contributed by atoms with Crippen LogP contribution in [0.2, 0.25) is 0 Å². The van der Waals surface area contributed by atoms with Gasteiger partial charge in [0.2, 0.25) is 0 Å². The Balaban J connectivity index is 1.65. The third-order valence-electron chi connectivity index (χ3n) is 4.72. The van der Waals surface area contributed by atoms with Crippen LogP contribution in [0.4, 0.5) is 0 Å². The zero-order valence-electron chi connectivity index (χ0n) is 16.7. The zero-order valence-corrected chi connectivity index (χ0v) is 17.5. The topological polar surface area (TPSA) is 55.4 Å². The Labute approximate surface area is 175 Å². The lowest BCUT2D eigenvalue weighted by Crippen LogP contribution is -2.32. The molecule has 0 saturated heterocycles. The Bertz CT molecular complexity index is 931. The van der Waals surface area contributed by atoms with Crippen LogP contribution in [0.5, 0.6) is 5.75 Å². The van der Waals surface area contributed by atoms with Gasteiger partial charge in [-0.05, 0) is 53.3 Å². The van der Waals surface area contributed by atoms with Gasteiger partial charge < -0.3 is 10.1 Å². The third-order valence-corrected chi connectivity index (χ3v) is 5.66. The molecule has 3 rings (SSSR count). The number of hydrogen-bond donors (Lipinski definition) is 1. The molecule has 3 aromatic rings. The first-order valence-corrected chi connectivity index (χ1v) is 10.7. The van der Waals surface area contributed by atoms with Crippen LogP contribution in [-0.4, -0.2) is 18.3 Å². The van der Waals surface area contributed by atoms with Crippen molar-refractivity contribution in [3.63, 3.8) is 0 Å². The molecule has 1 atom stereocenters. The molecule has 0 aliphatic heterocycles. The molecule has 0 radical (unpaired) electrons. The molecule has 1 N–H and O–H groups in total. The summed E-state index contributed by atoms with van der Waals surface area (Å²) >= 11 is 1.61. The number of carbonyl (C=O) groups is 2. The van der Waals surface area contributed by atoms with E-state index in [9.17, 15) is 9.59 Å². The Kier molecular flexibility index (Phi) is 7.19. The van der Waals surface area contributed by atoms with Crippen molar-refractivity contribution >= 4 is 23.0 Å². The Morgan fingerprint density at radius 3 is 2.31 bits per heavy atom. The highest BCUT2D eigenvalue weighted by Crippen LogP contribution is 2.26. The van der Waals surface area contributed by atoms with Crippen LogP contribution in [0.15, 0.2) is 66.0 Å². The lowest BCUT2D eigenvalue weighted by atomic mass is 10.0. The van der Waals surface area contributed by atoms with Gasteiger partial charge in [-0.25, -0.2) is 0 Å². The summed E-state index contributed by atoms with van der Waals surface area (Å²) in [6, 6.07) is 19.0. The summed E-state index contributed by atoms with van der Waals surface area (Å²) in [5.41, 5.74) is 2.95. The van der Waals surface area contributed by atoms with E-state index >= 15 is 0 Å². The van der Waals surface area contributed by atoms with E-state index in [1.54, 1.807) is 35.6 Å². The first kappa shape index (κ1) is 20.8. The van der Waals surface area contributed by atoms with Crippen LogP contribution in [0.25, 0.3) is 0 Å². The van der Waals surface area contributed by atoms with Gasteiger partial charge >= 0.3 is 0 Å².